The molecule has 2 rings (SSSR count). The molecule has 1 aromatic rings. The van der Waals surface area contributed by atoms with Gasteiger partial charge in [0.05, 0.1) is 4.92 Å². The number of nitrogens with one attached hydrogen (secondary N) is 1. The van der Waals surface area contributed by atoms with Gasteiger partial charge in [0.1, 0.15) is 5.56 Å². The minimum absolute atomic E-state index is 0.0735. The Morgan fingerprint density at radius 3 is 2.85 bits per heavy atom. The summed E-state index contributed by atoms with van der Waals surface area (Å²) >= 11 is 0. The number of nitrogens with zero attached hydrogens (tertiary/aromatic N) is 2. The first-order valence-electron chi connectivity index (χ1n) is 6.30. The van der Waals surface area contributed by atoms with Crippen molar-refractivity contribution < 1.29 is 14.5 Å². The lowest BCUT2D eigenvalue weighted by Crippen LogP contribution is -2.34. The Morgan fingerprint density at radius 2 is 2.15 bits per heavy atom. The molecule has 1 aliphatic heterocycles. The fourth-order valence-electron chi connectivity index (χ4n) is 2.21. The normalized spacial score (nSPS) is 15.4. The van der Waals surface area contributed by atoms with Gasteiger partial charge in [-0.2, -0.15) is 0 Å². The third kappa shape index (κ3) is 2.76. The summed E-state index contributed by atoms with van der Waals surface area (Å²) in [5.41, 5.74) is 0.357. The minimum Gasteiger partial charge on any atom is -0.354 e. The molecule has 0 saturated carbocycles. The van der Waals surface area contributed by atoms with Gasteiger partial charge in [-0.05, 0) is 13.0 Å². The quantitative estimate of drug-likeness (QED) is 0.641. The Hall–Kier alpha value is -2.44. The molecule has 0 spiro atoms. The standard InChI is InChI=1S/C13H15N3O4/c1-9-3-2-4-10(12(9)16(19)20)13(18)15-7-5-11(17)14-6-8-15/h2-4H,5-8H2,1H3,(H,14,17). The van der Waals surface area contributed by atoms with Crippen molar-refractivity contribution in [2.75, 3.05) is 19.6 Å². The first-order valence-corrected chi connectivity index (χ1v) is 6.30. The van der Waals surface area contributed by atoms with Crippen LogP contribution >= 0.6 is 0 Å². The monoisotopic (exact) mass is 277 g/mol. The molecule has 7 heteroatoms. The van der Waals surface area contributed by atoms with E-state index in [1.165, 1.54) is 11.0 Å². The van der Waals surface area contributed by atoms with Crippen LogP contribution in [0, 0.1) is 17.0 Å². The first kappa shape index (κ1) is 14.0. The Labute approximate surface area is 115 Å². The SMILES string of the molecule is Cc1cccc(C(=O)N2CCNC(=O)CC2)c1[N+](=O)[O-]. The van der Waals surface area contributed by atoms with Crippen LogP contribution in [0.1, 0.15) is 22.3 Å². The van der Waals surface area contributed by atoms with Gasteiger partial charge in [-0.25, -0.2) is 0 Å². The van der Waals surface area contributed by atoms with Gasteiger partial charge in [0, 0.05) is 31.6 Å². The zero-order valence-electron chi connectivity index (χ0n) is 11.1. The Kier molecular flexibility index (Phi) is 3.97. The van der Waals surface area contributed by atoms with Gasteiger partial charge in [0.25, 0.3) is 11.6 Å². The van der Waals surface area contributed by atoms with E-state index < -0.39 is 10.8 Å². The predicted octanol–water partition coefficient (Wildman–Crippen LogP) is 0.865. The van der Waals surface area contributed by atoms with Crippen molar-refractivity contribution in [3.05, 3.63) is 39.4 Å². The van der Waals surface area contributed by atoms with Crippen LogP contribution in [-0.4, -0.2) is 41.3 Å². The Bertz CT molecular complexity index is 571. The molecule has 1 aromatic carbocycles. The van der Waals surface area contributed by atoms with E-state index in [-0.39, 0.29) is 30.1 Å². The molecule has 0 bridgehead atoms. The Balaban J connectivity index is 2.31. The number of benzene rings is 1. The number of amides is 2. The highest BCUT2D eigenvalue weighted by atomic mass is 16.6. The second-order valence-corrected chi connectivity index (χ2v) is 4.62. The van der Waals surface area contributed by atoms with Crippen molar-refractivity contribution in [1.82, 2.24) is 10.2 Å². The summed E-state index contributed by atoms with van der Waals surface area (Å²) in [7, 11) is 0. The second kappa shape index (κ2) is 5.68. The molecule has 0 atom stereocenters. The molecule has 0 radical (unpaired) electrons. The molecule has 0 aliphatic carbocycles. The van der Waals surface area contributed by atoms with Crippen molar-refractivity contribution in [2.24, 2.45) is 0 Å². The molecule has 1 fully saturated rings. The molecular formula is C13H15N3O4. The van der Waals surface area contributed by atoms with Gasteiger partial charge in [-0.1, -0.05) is 12.1 Å². The van der Waals surface area contributed by atoms with Crippen LogP contribution in [0.5, 0.6) is 0 Å². The number of carbonyl (C=O) groups excluding carboxylic acids is 2. The maximum atomic E-state index is 12.4. The van der Waals surface area contributed by atoms with Crippen molar-refractivity contribution >= 4 is 17.5 Å². The molecule has 0 aromatic heterocycles. The smallest absolute Gasteiger partial charge is 0.285 e. The van der Waals surface area contributed by atoms with Gasteiger partial charge in [-0.3, -0.25) is 19.7 Å². The zero-order valence-corrected chi connectivity index (χ0v) is 11.1. The maximum absolute atomic E-state index is 12.4. The summed E-state index contributed by atoms with van der Waals surface area (Å²) in [5.74, 6) is -0.518. The number of aryl methyl sites for hydroxylation is 1. The molecule has 1 N–H and O–H groups in total. The molecule has 106 valence electrons. The molecular weight excluding hydrogens is 262 g/mol. The van der Waals surface area contributed by atoms with Gasteiger partial charge in [0.15, 0.2) is 0 Å². The van der Waals surface area contributed by atoms with E-state index in [2.05, 4.69) is 5.32 Å². The lowest BCUT2D eigenvalue weighted by atomic mass is 10.1. The fraction of sp³-hybridized carbons (Fsp3) is 0.385. The molecule has 1 aliphatic rings. The van der Waals surface area contributed by atoms with Crippen LogP contribution in [0.15, 0.2) is 18.2 Å². The van der Waals surface area contributed by atoms with Gasteiger partial charge >= 0.3 is 0 Å². The largest absolute Gasteiger partial charge is 0.354 e. The lowest BCUT2D eigenvalue weighted by Gasteiger charge is -2.19. The van der Waals surface area contributed by atoms with E-state index in [1.54, 1.807) is 19.1 Å². The van der Waals surface area contributed by atoms with E-state index in [4.69, 9.17) is 0 Å². The number of hydrogen-bond acceptors (Lipinski definition) is 4. The molecule has 1 saturated heterocycles. The van der Waals surface area contributed by atoms with E-state index >= 15 is 0 Å². The first-order chi connectivity index (χ1) is 9.50. The van der Waals surface area contributed by atoms with Crippen molar-refractivity contribution in [2.45, 2.75) is 13.3 Å². The van der Waals surface area contributed by atoms with Gasteiger partial charge < -0.3 is 10.2 Å². The van der Waals surface area contributed by atoms with E-state index in [1.807, 2.05) is 0 Å². The number of carbonyl (C=O) groups is 2. The van der Waals surface area contributed by atoms with E-state index in [9.17, 15) is 19.7 Å². The third-order valence-electron chi connectivity index (χ3n) is 3.25. The van der Waals surface area contributed by atoms with Crippen LogP contribution in [-0.2, 0) is 4.79 Å². The third-order valence-corrected chi connectivity index (χ3v) is 3.25. The van der Waals surface area contributed by atoms with Crippen molar-refractivity contribution in [1.29, 1.82) is 0 Å². The van der Waals surface area contributed by atoms with Gasteiger partial charge in [0.2, 0.25) is 5.91 Å². The second-order valence-electron chi connectivity index (χ2n) is 4.62. The summed E-state index contributed by atoms with van der Waals surface area (Å²) in [6.07, 6.45) is 0.214. The Morgan fingerprint density at radius 1 is 1.40 bits per heavy atom. The zero-order chi connectivity index (χ0) is 14.7. The number of nitro groups is 1. The maximum Gasteiger partial charge on any atom is 0.285 e. The summed E-state index contributed by atoms with van der Waals surface area (Å²) in [5, 5.41) is 13.8. The number of rotatable bonds is 2. The summed E-state index contributed by atoms with van der Waals surface area (Å²) in [6.45, 7) is 2.60. The average molecular weight is 277 g/mol. The van der Waals surface area contributed by atoms with Crippen molar-refractivity contribution in [3.8, 4) is 0 Å². The molecule has 20 heavy (non-hydrogen) atoms. The molecule has 0 unspecified atom stereocenters. The number of para-hydroxylation sites is 1. The van der Waals surface area contributed by atoms with E-state index in [0.717, 1.165) is 0 Å². The van der Waals surface area contributed by atoms with Crippen LogP contribution in [0.25, 0.3) is 0 Å². The van der Waals surface area contributed by atoms with Crippen LogP contribution in [0.3, 0.4) is 0 Å². The highest BCUT2D eigenvalue weighted by Crippen LogP contribution is 2.24. The molecule has 7 nitrogen and oxygen atoms in total. The summed E-state index contributed by atoms with van der Waals surface area (Å²) < 4.78 is 0. The number of hydrogen-bond donors (Lipinski definition) is 1. The van der Waals surface area contributed by atoms with Crippen molar-refractivity contribution in [3.63, 3.8) is 0 Å². The predicted molar refractivity (Wildman–Crippen MR) is 71.4 cm³/mol. The lowest BCUT2D eigenvalue weighted by molar-refractivity contribution is -0.385. The fourth-order valence-corrected chi connectivity index (χ4v) is 2.21. The molecule has 1 heterocycles. The molecule has 2 amide bonds. The highest BCUT2D eigenvalue weighted by Gasteiger charge is 2.27. The summed E-state index contributed by atoms with van der Waals surface area (Å²) in [4.78, 5) is 35.7. The van der Waals surface area contributed by atoms with Crippen LogP contribution < -0.4 is 5.32 Å². The topological polar surface area (TPSA) is 92.6 Å². The van der Waals surface area contributed by atoms with Crippen LogP contribution in [0.2, 0.25) is 0 Å². The number of nitro benzene ring substituents is 1. The van der Waals surface area contributed by atoms with Gasteiger partial charge in [-0.15, -0.1) is 0 Å². The summed E-state index contributed by atoms with van der Waals surface area (Å²) in [6, 6.07) is 4.67. The van der Waals surface area contributed by atoms with Crippen LogP contribution in [0.4, 0.5) is 5.69 Å². The highest BCUT2D eigenvalue weighted by molar-refractivity contribution is 5.99. The average Bonchev–Trinajstić information content (AvgIpc) is 2.62. The van der Waals surface area contributed by atoms with E-state index in [0.29, 0.717) is 18.7 Å². The minimum atomic E-state index is -0.538.